The maximum absolute atomic E-state index is 8.36. The summed E-state index contributed by atoms with van der Waals surface area (Å²) in [6.07, 6.45) is 2.02. The van der Waals surface area contributed by atoms with E-state index in [9.17, 15) is 0 Å². The lowest BCUT2D eigenvalue weighted by molar-refractivity contribution is -0.122. The lowest BCUT2D eigenvalue weighted by atomic mass is 10.1. The Bertz CT molecular complexity index is 711. The topological polar surface area (TPSA) is 89.7 Å². The number of ether oxygens (including phenoxy) is 2. The van der Waals surface area contributed by atoms with Gasteiger partial charge in [-0.05, 0) is 38.0 Å². The van der Waals surface area contributed by atoms with Crippen LogP contribution >= 0.6 is 0 Å². The molecule has 0 amide bonds. The van der Waals surface area contributed by atoms with E-state index in [4.69, 9.17) is 19.4 Å². The van der Waals surface area contributed by atoms with E-state index >= 15 is 0 Å². The predicted octanol–water partition coefficient (Wildman–Crippen LogP) is 2.00. The number of hydrogen-bond acceptors (Lipinski definition) is 6. The molecule has 1 unspecified atom stereocenters. The van der Waals surface area contributed by atoms with Gasteiger partial charge in [0.25, 0.3) is 6.47 Å². The van der Waals surface area contributed by atoms with Gasteiger partial charge in [-0.2, -0.15) is 5.10 Å². The summed E-state index contributed by atoms with van der Waals surface area (Å²) in [6.45, 7) is 8.49. The number of carboxylic acid groups (broad SMARTS) is 1. The molecule has 1 fully saturated rings. The first-order valence-corrected chi connectivity index (χ1v) is 9.50. The Hall–Kier alpha value is -2.45. The Labute approximate surface area is 166 Å². The first-order chi connectivity index (χ1) is 13.6. The van der Waals surface area contributed by atoms with Crippen LogP contribution in [0.1, 0.15) is 30.6 Å². The second kappa shape index (κ2) is 11.4. The van der Waals surface area contributed by atoms with Gasteiger partial charge >= 0.3 is 0 Å². The molecule has 154 valence electrons. The predicted molar refractivity (Wildman–Crippen MR) is 106 cm³/mol. The molecule has 1 aliphatic rings. The number of methoxy groups -OCH3 is 1. The van der Waals surface area contributed by atoms with Crippen LogP contribution in [0.25, 0.3) is 0 Å². The van der Waals surface area contributed by atoms with E-state index in [1.807, 2.05) is 23.7 Å². The summed E-state index contributed by atoms with van der Waals surface area (Å²) in [4.78, 5) is 15.5. The van der Waals surface area contributed by atoms with Gasteiger partial charge in [0.05, 0.1) is 26.9 Å². The number of hydrogen-bond donors (Lipinski definition) is 1. The molecule has 2 aromatic rings. The first-order valence-electron chi connectivity index (χ1n) is 9.50. The number of nitrogens with zero attached hydrogens (tertiary/aromatic N) is 4. The van der Waals surface area contributed by atoms with Crippen LogP contribution in [0.15, 0.2) is 24.3 Å². The number of aryl methyl sites for hydroxylation is 2. The molecule has 0 aliphatic carbocycles. The molecule has 1 N–H and O–H groups in total. The van der Waals surface area contributed by atoms with Crippen LogP contribution in [-0.4, -0.2) is 70.7 Å². The summed E-state index contributed by atoms with van der Waals surface area (Å²) >= 11 is 0. The maximum atomic E-state index is 8.36. The molecule has 1 aromatic carbocycles. The molecule has 0 bridgehead atoms. The van der Waals surface area contributed by atoms with Crippen molar-refractivity contribution < 1.29 is 19.4 Å². The normalized spacial score (nSPS) is 15.4. The summed E-state index contributed by atoms with van der Waals surface area (Å²) in [7, 11) is 1.68. The molecule has 1 aliphatic heterocycles. The Kier molecular flexibility index (Phi) is 8.90. The Morgan fingerprint density at radius 3 is 2.54 bits per heavy atom. The van der Waals surface area contributed by atoms with Crippen molar-refractivity contribution in [2.75, 3.05) is 33.4 Å². The van der Waals surface area contributed by atoms with Gasteiger partial charge in [-0.15, -0.1) is 0 Å². The number of aromatic nitrogens is 3. The van der Waals surface area contributed by atoms with E-state index in [1.165, 1.54) is 5.56 Å². The summed E-state index contributed by atoms with van der Waals surface area (Å²) < 4.78 is 12.7. The average Bonchev–Trinajstić information content (AvgIpc) is 3.07. The van der Waals surface area contributed by atoms with E-state index in [0.29, 0.717) is 6.04 Å². The third-order valence-corrected chi connectivity index (χ3v) is 4.80. The van der Waals surface area contributed by atoms with E-state index in [0.717, 1.165) is 63.1 Å². The van der Waals surface area contributed by atoms with Crippen molar-refractivity contribution in [2.24, 2.45) is 0 Å². The minimum absolute atomic E-state index is 0.250. The molecule has 1 atom stereocenters. The van der Waals surface area contributed by atoms with Gasteiger partial charge in [-0.1, -0.05) is 12.1 Å². The summed E-state index contributed by atoms with van der Waals surface area (Å²) in [5, 5.41) is 11.5. The van der Waals surface area contributed by atoms with Crippen LogP contribution in [0.5, 0.6) is 5.75 Å². The summed E-state index contributed by atoms with van der Waals surface area (Å²) in [5.41, 5.74) is 1.20. The third kappa shape index (κ3) is 6.61. The van der Waals surface area contributed by atoms with Crippen molar-refractivity contribution in [1.29, 1.82) is 0 Å². The molecule has 3 rings (SSSR count). The number of carbonyl (C=O) groups is 1. The lowest BCUT2D eigenvalue weighted by Gasteiger charge is -2.32. The van der Waals surface area contributed by atoms with Crippen molar-refractivity contribution in [3.8, 4) is 5.75 Å². The molecular weight excluding hydrogens is 360 g/mol. The van der Waals surface area contributed by atoms with Gasteiger partial charge in [-0.25, -0.2) is 9.67 Å². The van der Waals surface area contributed by atoms with Crippen molar-refractivity contribution in [3.05, 3.63) is 41.5 Å². The van der Waals surface area contributed by atoms with Gasteiger partial charge in [0.15, 0.2) is 0 Å². The molecule has 8 heteroatoms. The molecule has 0 saturated carbocycles. The second-order valence-corrected chi connectivity index (χ2v) is 6.72. The zero-order chi connectivity index (χ0) is 20.4. The highest BCUT2D eigenvalue weighted by molar-refractivity contribution is 5.32. The summed E-state index contributed by atoms with van der Waals surface area (Å²) in [6, 6.07) is 8.67. The third-order valence-electron chi connectivity index (χ3n) is 4.80. The van der Waals surface area contributed by atoms with Crippen molar-refractivity contribution in [2.45, 2.75) is 39.3 Å². The largest absolute Gasteiger partial charge is 0.497 e. The molecule has 8 nitrogen and oxygen atoms in total. The standard InChI is InChI=1S/C19H28N4O2.CH2O2/c1-15(22-10-12-25-13-11-22)4-9-19-20-16(2)21-23(19)14-17-5-7-18(24-3)8-6-17;2-1-3/h5-8,15H,4,9-14H2,1-3H3;1H,(H,2,3). The molecule has 1 aromatic heterocycles. The van der Waals surface area contributed by atoms with Crippen molar-refractivity contribution in [1.82, 2.24) is 19.7 Å². The van der Waals surface area contributed by atoms with Crippen LogP contribution in [0, 0.1) is 6.92 Å². The molecule has 2 heterocycles. The van der Waals surface area contributed by atoms with Gasteiger partial charge in [0, 0.05) is 25.6 Å². The highest BCUT2D eigenvalue weighted by atomic mass is 16.5. The molecule has 28 heavy (non-hydrogen) atoms. The number of morpholine rings is 1. The van der Waals surface area contributed by atoms with E-state index in [1.54, 1.807) is 7.11 Å². The van der Waals surface area contributed by atoms with Gasteiger partial charge in [-0.3, -0.25) is 9.69 Å². The van der Waals surface area contributed by atoms with Crippen molar-refractivity contribution in [3.63, 3.8) is 0 Å². The van der Waals surface area contributed by atoms with Crippen molar-refractivity contribution >= 4 is 6.47 Å². The van der Waals surface area contributed by atoms with Crippen LogP contribution in [0.4, 0.5) is 0 Å². The molecule has 1 saturated heterocycles. The highest BCUT2D eigenvalue weighted by Gasteiger charge is 2.18. The maximum Gasteiger partial charge on any atom is 0.290 e. The fourth-order valence-corrected chi connectivity index (χ4v) is 3.25. The second-order valence-electron chi connectivity index (χ2n) is 6.72. The number of benzene rings is 1. The zero-order valence-electron chi connectivity index (χ0n) is 16.9. The average molecular weight is 390 g/mol. The highest BCUT2D eigenvalue weighted by Crippen LogP contribution is 2.15. The van der Waals surface area contributed by atoms with E-state index in [2.05, 4.69) is 34.0 Å². The Balaban J connectivity index is 0.000000878. The number of rotatable bonds is 7. The molecule has 0 radical (unpaired) electrons. The van der Waals surface area contributed by atoms with E-state index < -0.39 is 0 Å². The quantitative estimate of drug-likeness (QED) is 0.723. The van der Waals surface area contributed by atoms with Gasteiger partial charge in [0.2, 0.25) is 0 Å². The fraction of sp³-hybridized carbons (Fsp3) is 0.550. The molecular formula is C20H30N4O4. The lowest BCUT2D eigenvalue weighted by Crippen LogP contribution is -2.42. The minimum atomic E-state index is -0.250. The zero-order valence-corrected chi connectivity index (χ0v) is 16.9. The van der Waals surface area contributed by atoms with Crippen LogP contribution in [0.2, 0.25) is 0 Å². The minimum Gasteiger partial charge on any atom is -0.497 e. The Morgan fingerprint density at radius 2 is 1.93 bits per heavy atom. The van der Waals surface area contributed by atoms with Crippen LogP contribution in [0.3, 0.4) is 0 Å². The van der Waals surface area contributed by atoms with E-state index in [-0.39, 0.29) is 6.47 Å². The fourth-order valence-electron chi connectivity index (χ4n) is 3.25. The van der Waals surface area contributed by atoms with Crippen LogP contribution in [-0.2, 0) is 22.5 Å². The Morgan fingerprint density at radius 1 is 1.29 bits per heavy atom. The SMILES string of the molecule is COc1ccc(Cn2nc(C)nc2CCC(C)N2CCOCC2)cc1.O=CO. The summed E-state index contributed by atoms with van der Waals surface area (Å²) in [5.74, 6) is 2.77. The van der Waals surface area contributed by atoms with Crippen LogP contribution < -0.4 is 4.74 Å². The monoisotopic (exact) mass is 390 g/mol. The smallest absolute Gasteiger partial charge is 0.290 e. The van der Waals surface area contributed by atoms with Gasteiger partial charge in [0.1, 0.15) is 17.4 Å². The molecule has 0 spiro atoms. The first kappa shape index (κ1) is 21.8. The van der Waals surface area contributed by atoms with Gasteiger partial charge < -0.3 is 14.6 Å².